The zero-order chi connectivity index (χ0) is 14.5. The van der Waals surface area contributed by atoms with Crippen molar-refractivity contribution in [3.63, 3.8) is 0 Å². The highest BCUT2D eigenvalue weighted by Gasteiger charge is 2.12. The average molecular weight is 289 g/mol. The number of para-hydroxylation sites is 1. The fraction of sp³-hybridized carbons (Fsp3) is 0.0625. The SMILES string of the molecule is COc1ccccc1/C=C(/C(=O)O)c1cccc(Cl)c1. The van der Waals surface area contributed by atoms with E-state index in [9.17, 15) is 9.90 Å². The van der Waals surface area contributed by atoms with Crippen molar-refractivity contribution in [3.8, 4) is 5.75 Å². The molecule has 102 valence electrons. The van der Waals surface area contributed by atoms with Gasteiger partial charge in [-0.15, -0.1) is 0 Å². The molecular formula is C16H13ClO3. The van der Waals surface area contributed by atoms with Crippen LogP contribution in [0.5, 0.6) is 5.75 Å². The van der Waals surface area contributed by atoms with Crippen molar-refractivity contribution < 1.29 is 14.6 Å². The molecule has 0 aliphatic rings. The molecule has 0 unspecified atom stereocenters. The molecule has 0 atom stereocenters. The van der Waals surface area contributed by atoms with Crippen LogP contribution in [0.15, 0.2) is 48.5 Å². The summed E-state index contributed by atoms with van der Waals surface area (Å²) in [6.07, 6.45) is 1.58. The Balaban J connectivity index is 2.53. The van der Waals surface area contributed by atoms with Crippen molar-refractivity contribution >= 4 is 29.2 Å². The average Bonchev–Trinajstić information content (AvgIpc) is 2.44. The van der Waals surface area contributed by atoms with Gasteiger partial charge in [-0.3, -0.25) is 0 Å². The second-order valence-electron chi connectivity index (χ2n) is 4.12. The number of ether oxygens (including phenoxy) is 1. The minimum atomic E-state index is -1.02. The van der Waals surface area contributed by atoms with E-state index in [1.54, 1.807) is 49.6 Å². The molecule has 0 saturated heterocycles. The molecule has 0 spiro atoms. The summed E-state index contributed by atoms with van der Waals surface area (Å²) >= 11 is 5.91. The van der Waals surface area contributed by atoms with Crippen LogP contribution in [0.4, 0.5) is 0 Å². The van der Waals surface area contributed by atoms with Crippen LogP contribution in [-0.4, -0.2) is 18.2 Å². The number of aliphatic carboxylic acids is 1. The van der Waals surface area contributed by atoms with Gasteiger partial charge in [-0.05, 0) is 29.8 Å². The molecule has 0 saturated carbocycles. The Morgan fingerprint density at radius 3 is 2.60 bits per heavy atom. The van der Waals surface area contributed by atoms with E-state index >= 15 is 0 Å². The van der Waals surface area contributed by atoms with Crippen LogP contribution in [0, 0.1) is 0 Å². The zero-order valence-electron chi connectivity index (χ0n) is 10.8. The molecule has 0 amide bonds. The molecule has 0 fully saturated rings. The maximum absolute atomic E-state index is 11.5. The highest BCUT2D eigenvalue weighted by Crippen LogP contribution is 2.26. The third-order valence-electron chi connectivity index (χ3n) is 2.80. The van der Waals surface area contributed by atoms with Gasteiger partial charge < -0.3 is 9.84 Å². The summed E-state index contributed by atoms with van der Waals surface area (Å²) in [6, 6.07) is 14.0. The van der Waals surface area contributed by atoms with E-state index < -0.39 is 5.97 Å². The lowest BCUT2D eigenvalue weighted by molar-refractivity contribution is -0.130. The largest absolute Gasteiger partial charge is 0.496 e. The van der Waals surface area contributed by atoms with E-state index in [-0.39, 0.29) is 5.57 Å². The normalized spacial score (nSPS) is 11.2. The molecule has 1 N–H and O–H groups in total. The van der Waals surface area contributed by atoms with Crippen molar-refractivity contribution in [2.75, 3.05) is 7.11 Å². The van der Waals surface area contributed by atoms with Crippen molar-refractivity contribution in [3.05, 3.63) is 64.7 Å². The van der Waals surface area contributed by atoms with Crippen molar-refractivity contribution in [2.45, 2.75) is 0 Å². The Kier molecular flexibility index (Phi) is 4.43. The van der Waals surface area contributed by atoms with Gasteiger partial charge in [0.25, 0.3) is 0 Å². The van der Waals surface area contributed by atoms with Gasteiger partial charge in [0.15, 0.2) is 0 Å². The van der Waals surface area contributed by atoms with Gasteiger partial charge in [0.05, 0.1) is 12.7 Å². The lowest BCUT2D eigenvalue weighted by Gasteiger charge is -2.07. The van der Waals surface area contributed by atoms with Crippen LogP contribution in [0.3, 0.4) is 0 Å². The summed E-state index contributed by atoms with van der Waals surface area (Å²) < 4.78 is 5.22. The van der Waals surface area contributed by atoms with E-state index in [0.29, 0.717) is 21.9 Å². The number of hydrogen-bond donors (Lipinski definition) is 1. The molecule has 4 heteroatoms. The van der Waals surface area contributed by atoms with Gasteiger partial charge in [0.2, 0.25) is 0 Å². The Hall–Kier alpha value is -2.26. The molecule has 2 aromatic rings. The molecule has 0 aromatic heterocycles. The van der Waals surface area contributed by atoms with Crippen LogP contribution >= 0.6 is 11.6 Å². The standard InChI is InChI=1S/C16H13ClO3/c1-20-15-8-3-2-5-12(15)10-14(16(18)19)11-6-4-7-13(17)9-11/h2-10H,1H3,(H,18,19)/b14-10+. The van der Waals surface area contributed by atoms with Crippen LogP contribution in [0.25, 0.3) is 11.6 Å². The first kappa shape index (κ1) is 14.2. The summed E-state index contributed by atoms with van der Waals surface area (Å²) in [5.74, 6) is -0.397. The predicted molar refractivity (Wildman–Crippen MR) is 80.0 cm³/mol. The van der Waals surface area contributed by atoms with Crippen molar-refractivity contribution in [2.24, 2.45) is 0 Å². The van der Waals surface area contributed by atoms with Crippen LogP contribution in [0.2, 0.25) is 5.02 Å². The lowest BCUT2D eigenvalue weighted by Crippen LogP contribution is -2.00. The first-order valence-corrected chi connectivity index (χ1v) is 6.33. The molecular weight excluding hydrogens is 276 g/mol. The molecule has 2 aromatic carbocycles. The predicted octanol–water partition coefficient (Wildman–Crippen LogP) is 3.97. The number of benzene rings is 2. The third kappa shape index (κ3) is 3.19. The van der Waals surface area contributed by atoms with Crippen molar-refractivity contribution in [1.29, 1.82) is 0 Å². The zero-order valence-corrected chi connectivity index (χ0v) is 11.6. The summed E-state index contributed by atoms with van der Waals surface area (Å²) in [4.78, 5) is 11.5. The van der Waals surface area contributed by atoms with Gasteiger partial charge >= 0.3 is 5.97 Å². The molecule has 0 aliphatic heterocycles. The Bertz CT molecular complexity index is 662. The molecule has 20 heavy (non-hydrogen) atoms. The number of methoxy groups -OCH3 is 1. The molecule has 0 radical (unpaired) electrons. The summed E-state index contributed by atoms with van der Waals surface area (Å²) in [5, 5.41) is 9.89. The number of carboxylic acid groups (broad SMARTS) is 1. The summed E-state index contributed by atoms with van der Waals surface area (Å²) in [7, 11) is 1.55. The maximum Gasteiger partial charge on any atom is 0.336 e. The van der Waals surface area contributed by atoms with E-state index in [1.807, 2.05) is 12.1 Å². The Labute approximate surface area is 122 Å². The fourth-order valence-electron chi connectivity index (χ4n) is 1.87. The van der Waals surface area contributed by atoms with Gasteiger partial charge in [-0.2, -0.15) is 0 Å². The summed E-state index contributed by atoms with van der Waals surface area (Å²) in [6.45, 7) is 0. The van der Waals surface area contributed by atoms with Crippen LogP contribution < -0.4 is 4.74 Å². The van der Waals surface area contributed by atoms with Gasteiger partial charge in [-0.1, -0.05) is 41.9 Å². The van der Waals surface area contributed by atoms with E-state index in [2.05, 4.69) is 0 Å². The minimum Gasteiger partial charge on any atom is -0.496 e. The number of carboxylic acids is 1. The highest BCUT2D eigenvalue weighted by atomic mass is 35.5. The Morgan fingerprint density at radius 2 is 1.95 bits per heavy atom. The monoisotopic (exact) mass is 288 g/mol. The number of carbonyl (C=O) groups is 1. The topological polar surface area (TPSA) is 46.5 Å². The lowest BCUT2D eigenvalue weighted by atomic mass is 10.0. The van der Waals surface area contributed by atoms with Gasteiger partial charge in [-0.25, -0.2) is 4.79 Å². The molecule has 0 aliphatic carbocycles. The second kappa shape index (κ2) is 6.26. The molecule has 0 heterocycles. The van der Waals surface area contributed by atoms with Crippen molar-refractivity contribution in [1.82, 2.24) is 0 Å². The summed E-state index contributed by atoms with van der Waals surface area (Å²) in [5.41, 5.74) is 1.42. The number of halogens is 1. The maximum atomic E-state index is 11.5. The molecule has 2 rings (SSSR count). The second-order valence-corrected chi connectivity index (χ2v) is 4.55. The highest BCUT2D eigenvalue weighted by molar-refractivity contribution is 6.31. The number of hydrogen-bond acceptors (Lipinski definition) is 2. The Morgan fingerprint density at radius 1 is 1.20 bits per heavy atom. The van der Waals surface area contributed by atoms with Crippen LogP contribution in [0.1, 0.15) is 11.1 Å². The molecule has 3 nitrogen and oxygen atoms in total. The fourth-order valence-corrected chi connectivity index (χ4v) is 2.06. The molecule has 0 bridgehead atoms. The minimum absolute atomic E-state index is 0.164. The first-order valence-electron chi connectivity index (χ1n) is 5.96. The first-order chi connectivity index (χ1) is 9.61. The van der Waals surface area contributed by atoms with E-state index in [0.717, 1.165) is 0 Å². The smallest absolute Gasteiger partial charge is 0.336 e. The number of rotatable bonds is 4. The van der Waals surface area contributed by atoms with E-state index in [1.165, 1.54) is 0 Å². The van der Waals surface area contributed by atoms with Gasteiger partial charge in [0.1, 0.15) is 5.75 Å². The van der Waals surface area contributed by atoms with Gasteiger partial charge in [0, 0.05) is 10.6 Å². The third-order valence-corrected chi connectivity index (χ3v) is 3.04. The van der Waals surface area contributed by atoms with E-state index in [4.69, 9.17) is 16.3 Å². The van der Waals surface area contributed by atoms with Crippen LogP contribution in [-0.2, 0) is 4.79 Å². The quantitative estimate of drug-likeness (QED) is 0.684.